The Morgan fingerprint density at radius 2 is 1.93 bits per heavy atom. The summed E-state index contributed by atoms with van der Waals surface area (Å²) in [5, 5.41) is 7.92. The van der Waals surface area contributed by atoms with Crippen LogP contribution >= 0.6 is 23.2 Å². The predicted molar refractivity (Wildman–Crippen MR) is 58.5 cm³/mol. The predicted octanol–water partition coefficient (Wildman–Crippen LogP) is 2.70. The van der Waals surface area contributed by atoms with Crippen molar-refractivity contribution in [3.8, 4) is 5.75 Å². The minimum atomic E-state index is 0.0770. The van der Waals surface area contributed by atoms with E-state index in [2.05, 4.69) is 0 Å². The van der Waals surface area contributed by atoms with Crippen molar-refractivity contribution >= 4 is 29.0 Å². The lowest BCUT2D eigenvalue weighted by Crippen LogP contribution is -2.13. The molecule has 0 spiro atoms. The van der Waals surface area contributed by atoms with E-state index < -0.39 is 0 Å². The first-order valence-corrected chi connectivity index (χ1v) is 4.76. The summed E-state index contributed by atoms with van der Waals surface area (Å²) in [5.41, 5.74) is 5.17. The molecule has 3 nitrogen and oxygen atoms in total. The van der Waals surface area contributed by atoms with Gasteiger partial charge in [0, 0.05) is 6.42 Å². The fraction of sp³-hybridized carbons (Fsp3) is 0.222. The molecule has 0 atom stereocenters. The normalized spacial score (nSPS) is 9.86. The van der Waals surface area contributed by atoms with Crippen molar-refractivity contribution in [1.82, 2.24) is 0 Å². The number of para-hydroxylation sites is 1. The highest BCUT2D eigenvalue weighted by Gasteiger charge is 2.05. The van der Waals surface area contributed by atoms with Gasteiger partial charge >= 0.3 is 0 Å². The van der Waals surface area contributed by atoms with Gasteiger partial charge in [-0.3, -0.25) is 5.41 Å². The zero-order chi connectivity index (χ0) is 10.6. The molecule has 5 heteroatoms. The van der Waals surface area contributed by atoms with E-state index in [4.69, 9.17) is 39.1 Å². The lowest BCUT2D eigenvalue weighted by molar-refractivity contribution is 0.329. The van der Waals surface area contributed by atoms with Crippen molar-refractivity contribution in [3.05, 3.63) is 28.2 Å². The van der Waals surface area contributed by atoms with Gasteiger partial charge in [0.25, 0.3) is 0 Å². The van der Waals surface area contributed by atoms with Crippen molar-refractivity contribution < 1.29 is 4.74 Å². The Labute approximate surface area is 92.3 Å². The molecule has 0 fully saturated rings. The maximum absolute atomic E-state index is 7.00. The fourth-order valence-electron chi connectivity index (χ4n) is 0.883. The van der Waals surface area contributed by atoms with Gasteiger partial charge in [-0.1, -0.05) is 29.3 Å². The number of benzene rings is 1. The minimum absolute atomic E-state index is 0.0770. The maximum atomic E-state index is 7.00. The van der Waals surface area contributed by atoms with E-state index in [1.165, 1.54) is 0 Å². The highest BCUT2D eigenvalue weighted by Crippen LogP contribution is 2.32. The Hall–Kier alpha value is -0.930. The van der Waals surface area contributed by atoms with Crippen LogP contribution in [-0.4, -0.2) is 12.4 Å². The van der Waals surface area contributed by atoms with E-state index in [-0.39, 0.29) is 5.84 Å². The van der Waals surface area contributed by atoms with Gasteiger partial charge in [-0.2, -0.15) is 0 Å². The van der Waals surface area contributed by atoms with Gasteiger partial charge in [0.2, 0.25) is 0 Å². The van der Waals surface area contributed by atoms with Crippen molar-refractivity contribution in [1.29, 1.82) is 5.41 Å². The second-order valence-electron chi connectivity index (χ2n) is 2.67. The van der Waals surface area contributed by atoms with E-state index in [1.54, 1.807) is 18.2 Å². The van der Waals surface area contributed by atoms with E-state index in [1.807, 2.05) is 0 Å². The van der Waals surface area contributed by atoms with E-state index in [0.717, 1.165) is 0 Å². The summed E-state index contributed by atoms with van der Waals surface area (Å²) >= 11 is 11.7. The Balaban J connectivity index is 2.62. The molecule has 0 aliphatic rings. The molecule has 0 unspecified atom stereocenters. The van der Waals surface area contributed by atoms with Crippen LogP contribution in [0.2, 0.25) is 10.0 Å². The largest absolute Gasteiger partial charge is 0.490 e. The molecule has 1 aromatic carbocycles. The van der Waals surface area contributed by atoms with Crippen LogP contribution in [0.15, 0.2) is 18.2 Å². The number of amidine groups is 1. The first kappa shape index (κ1) is 11.1. The molecule has 0 heterocycles. The number of nitrogens with two attached hydrogens (primary N) is 1. The van der Waals surface area contributed by atoms with Crippen LogP contribution in [0.1, 0.15) is 6.42 Å². The molecule has 0 aliphatic carbocycles. The third kappa shape index (κ3) is 3.09. The zero-order valence-electron chi connectivity index (χ0n) is 7.39. The molecule has 0 saturated heterocycles. The van der Waals surface area contributed by atoms with Gasteiger partial charge in [0.1, 0.15) is 0 Å². The first-order chi connectivity index (χ1) is 6.61. The molecule has 0 amide bonds. The van der Waals surface area contributed by atoms with Gasteiger partial charge in [-0.05, 0) is 12.1 Å². The molecule has 1 aromatic rings. The van der Waals surface area contributed by atoms with E-state index >= 15 is 0 Å². The number of hydrogen-bond acceptors (Lipinski definition) is 2. The quantitative estimate of drug-likeness (QED) is 0.620. The Morgan fingerprint density at radius 3 is 2.43 bits per heavy atom. The maximum Gasteiger partial charge on any atom is 0.156 e. The van der Waals surface area contributed by atoms with Gasteiger partial charge in [-0.15, -0.1) is 0 Å². The van der Waals surface area contributed by atoms with Gasteiger partial charge in [-0.25, -0.2) is 0 Å². The van der Waals surface area contributed by atoms with Gasteiger partial charge < -0.3 is 10.5 Å². The summed E-state index contributed by atoms with van der Waals surface area (Å²) in [6.45, 7) is 0.304. The van der Waals surface area contributed by atoms with Crippen LogP contribution in [0.3, 0.4) is 0 Å². The van der Waals surface area contributed by atoms with Crippen molar-refractivity contribution in [3.63, 3.8) is 0 Å². The van der Waals surface area contributed by atoms with Crippen LogP contribution in [0.5, 0.6) is 5.75 Å². The standard InChI is InChI=1S/C9H10Cl2N2O/c10-6-2-1-3-7(11)9(6)14-5-4-8(12)13/h1-3H,4-5H2,(H3,12,13). The van der Waals surface area contributed by atoms with Crippen LogP contribution in [0, 0.1) is 5.41 Å². The lowest BCUT2D eigenvalue weighted by atomic mass is 10.3. The number of halogens is 2. The Bertz CT molecular complexity index is 321. The molecular weight excluding hydrogens is 223 g/mol. The summed E-state index contributed by atoms with van der Waals surface area (Å²) in [4.78, 5) is 0. The molecule has 3 N–H and O–H groups in total. The van der Waals surface area contributed by atoms with Crippen LogP contribution in [-0.2, 0) is 0 Å². The molecular formula is C9H10Cl2N2O. The molecule has 0 saturated carbocycles. The molecule has 0 bridgehead atoms. The highest BCUT2D eigenvalue weighted by atomic mass is 35.5. The number of nitrogens with one attached hydrogen (secondary N) is 1. The second-order valence-corrected chi connectivity index (χ2v) is 3.49. The fourth-order valence-corrected chi connectivity index (χ4v) is 1.39. The number of rotatable bonds is 4. The minimum Gasteiger partial charge on any atom is -0.490 e. The molecule has 1 rings (SSSR count). The van der Waals surface area contributed by atoms with Gasteiger partial charge in [0.05, 0.1) is 22.5 Å². The van der Waals surface area contributed by atoms with Crippen LogP contribution < -0.4 is 10.5 Å². The summed E-state index contributed by atoms with van der Waals surface area (Å²) in [6.07, 6.45) is 0.363. The third-order valence-electron chi connectivity index (χ3n) is 1.54. The topological polar surface area (TPSA) is 59.1 Å². The Kier molecular flexibility index (Phi) is 4.04. The van der Waals surface area contributed by atoms with Gasteiger partial charge in [0.15, 0.2) is 5.75 Å². The number of hydrogen-bond donors (Lipinski definition) is 2. The molecule has 0 radical (unpaired) electrons. The summed E-state index contributed by atoms with van der Waals surface area (Å²) in [6, 6.07) is 5.12. The summed E-state index contributed by atoms with van der Waals surface area (Å²) < 4.78 is 5.29. The molecule has 0 aromatic heterocycles. The highest BCUT2D eigenvalue weighted by molar-refractivity contribution is 6.37. The third-order valence-corrected chi connectivity index (χ3v) is 2.13. The van der Waals surface area contributed by atoms with Crippen molar-refractivity contribution in [2.75, 3.05) is 6.61 Å². The Morgan fingerprint density at radius 1 is 1.36 bits per heavy atom. The van der Waals surface area contributed by atoms with Crippen LogP contribution in [0.25, 0.3) is 0 Å². The van der Waals surface area contributed by atoms with Crippen molar-refractivity contribution in [2.24, 2.45) is 5.73 Å². The molecule has 0 aliphatic heterocycles. The van der Waals surface area contributed by atoms with E-state index in [9.17, 15) is 0 Å². The smallest absolute Gasteiger partial charge is 0.156 e. The van der Waals surface area contributed by atoms with Crippen LogP contribution in [0.4, 0.5) is 0 Å². The zero-order valence-corrected chi connectivity index (χ0v) is 8.90. The average molecular weight is 233 g/mol. The molecule has 14 heavy (non-hydrogen) atoms. The SMILES string of the molecule is N=C(N)CCOc1c(Cl)cccc1Cl. The monoisotopic (exact) mass is 232 g/mol. The first-order valence-electron chi connectivity index (χ1n) is 4.01. The van der Waals surface area contributed by atoms with Crippen molar-refractivity contribution in [2.45, 2.75) is 6.42 Å². The average Bonchev–Trinajstić information content (AvgIpc) is 2.09. The molecule has 76 valence electrons. The summed E-state index contributed by atoms with van der Waals surface area (Å²) in [5.74, 6) is 0.519. The summed E-state index contributed by atoms with van der Waals surface area (Å²) in [7, 11) is 0. The van der Waals surface area contributed by atoms with E-state index in [0.29, 0.717) is 28.8 Å². The second kappa shape index (κ2) is 5.08. The number of ether oxygens (including phenoxy) is 1. The lowest BCUT2D eigenvalue weighted by Gasteiger charge is -2.08.